The molecule has 0 fully saturated rings. The normalized spacial score (nSPS) is 12.4. The molecule has 0 saturated heterocycles. The number of pyridine rings is 1. The first-order valence-corrected chi connectivity index (χ1v) is 8.11. The minimum Gasteiger partial charge on any atom is -0.481 e. The van der Waals surface area contributed by atoms with Crippen LogP contribution in [0.15, 0.2) is 47.5 Å². The Hall–Kier alpha value is -2.45. The fourth-order valence-corrected chi connectivity index (χ4v) is 2.78. The summed E-state index contributed by atoms with van der Waals surface area (Å²) in [5, 5.41) is 0. The summed E-state index contributed by atoms with van der Waals surface area (Å²) >= 11 is 0. The van der Waals surface area contributed by atoms with E-state index in [1.165, 1.54) is 26.2 Å². The summed E-state index contributed by atoms with van der Waals surface area (Å²) in [6.07, 6.45) is 1.15. The van der Waals surface area contributed by atoms with Gasteiger partial charge in [-0.1, -0.05) is 12.1 Å². The number of esters is 1. The standard InChI is InChI=1S/C15H15N2O5S/c1-11(15(18)22-12-6-4-3-5-7-12)17-23(19,20)13-8-9-14(21-2)16-10-13/h4-11,17H,1-2H3/t11-/m0/s1. The molecular formula is C15H15N2O5S. The van der Waals surface area contributed by atoms with E-state index in [2.05, 4.69) is 15.8 Å². The molecule has 8 heteroatoms. The van der Waals surface area contributed by atoms with Gasteiger partial charge in [-0.05, 0) is 31.2 Å². The maximum Gasteiger partial charge on any atom is 0.329 e. The number of hydrogen-bond donors (Lipinski definition) is 1. The van der Waals surface area contributed by atoms with Crippen LogP contribution in [0.4, 0.5) is 0 Å². The zero-order chi connectivity index (χ0) is 16.9. The molecule has 2 aromatic rings. The van der Waals surface area contributed by atoms with Crippen molar-refractivity contribution in [2.24, 2.45) is 0 Å². The average molecular weight is 335 g/mol. The molecule has 0 spiro atoms. The first-order chi connectivity index (χ1) is 10.9. The number of sulfonamides is 1. The summed E-state index contributed by atoms with van der Waals surface area (Å²) in [6, 6.07) is 10.7. The Kier molecular flexibility index (Phi) is 5.30. The van der Waals surface area contributed by atoms with Crippen LogP contribution in [0.3, 0.4) is 0 Å². The lowest BCUT2D eigenvalue weighted by Crippen LogP contribution is -2.40. The molecule has 1 aromatic carbocycles. The van der Waals surface area contributed by atoms with Crippen LogP contribution in [0.2, 0.25) is 0 Å². The molecular weight excluding hydrogens is 320 g/mol. The highest BCUT2D eigenvalue weighted by atomic mass is 32.2. The van der Waals surface area contributed by atoms with Crippen molar-refractivity contribution in [2.75, 3.05) is 7.11 Å². The van der Waals surface area contributed by atoms with Gasteiger partial charge >= 0.3 is 5.97 Å². The first-order valence-electron chi connectivity index (χ1n) is 6.62. The maximum atomic E-state index is 12.2. The van der Waals surface area contributed by atoms with Crippen molar-refractivity contribution in [1.29, 1.82) is 0 Å². The van der Waals surface area contributed by atoms with Gasteiger partial charge in [0.15, 0.2) is 0 Å². The predicted molar refractivity (Wildman–Crippen MR) is 81.5 cm³/mol. The van der Waals surface area contributed by atoms with E-state index in [-0.39, 0.29) is 10.8 Å². The van der Waals surface area contributed by atoms with Crippen molar-refractivity contribution in [3.05, 3.63) is 48.7 Å². The van der Waals surface area contributed by atoms with E-state index >= 15 is 0 Å². The quantitative estimate of drug-likeness (QED) is 0.629. The molecule has 23 heavy (non-hydrogen) atoms. The highest BCUT2D eigenvalue weighted by molar-refractivity contribution is 7.89. The number of carbonyl (C=O) groups is 1. The van der Waals surface area contributed by atoms with E-state index in [1.807, 2.05) is 0 Å². The molecule has 0 unspecified atom stereocenters. The van der Waals surface area contributed by atoms with Crippen molar-refractivity contribution in [1.82, 2.24) is 9.71 Å². The monoisotopic (exact) mass is 335 g/mol. The minimum atomic E-state index is -3.90. The molecule has 7 nitrogen and oxygen atoms in total. The zero-order valence-corrected chi connectivity index (χ0v) is 13.3. The van der Waals surface area contributed by atoms with Crippen LogP contribution in [0.5, 0.6) is 11.6 Å². The third kappa shape index (κ3) is 4.51. The lowest BCUT2D eigenvalue weighted by molar-refractivity contribution is -0.135. The van der Waals surface area contributed by atoms with Crippen LogP contribution in [-0.2, 0) is 14.8 Å². The van der Waals surface area contributed by atoms with Crippen molar-refractivity contribution >= 4 is 16.0 Å². The van der Waals surface area contributed by atoms with E-state index in [9.17, 15) is 13.2 Å². The molecule has 0 amide bonds. The Morgan fingerprint density at radius 3 is 2.52 bits per heavy atom. The van der Waals surface area contributed by atoms with Crippen LogP contribution in [0.1, 0.15) is 6.92 Å². The molecule has 1 heterocycles. The van der Waals surface area contributed by atoms with Crippen molar-refractivity contribution in [3.8, 4) is 11.6 Å². The van der Waals surface area contributed by atoms with Crippen LogP contribution in [-0.4, -0.2) is 32.5 Å². The van der Waals surface area contributed by atoms with Gasteiger partial charge < -0.3 is 9.47 Å². The summed E-state index contributed by atoms with van der Waals surface area (Å²) < 4.78 is 36.6. The molecule has 1 N–H and O–H groups in total. The van der Waals surface area contributed by atoms with Crippen LogP contribution >= 0.6 is 0 Å². The number of aromatic nitrogens is 1. The fraction of sp³-hybridized carbons (Fsp3) is 0.200. The molecule has 0 bridgehead atoms. The smallest absolute Gasteiger partial charge is 0.329 e. The number of hydrogen-bond acceptors (Lipinski definition) is 6. The molecule has 0 aliphatic heterocycles. The molecule has 0 saturated carbocycles. The zero-order valence-electron chi connectivity index (χ0n) is 12.5. The molecule has 121 valence electrons. The predicted octanol–water partition coefficient (Wildman–Crippen LogP) is 1.16. The topological polar surface area (TPSA) is 94.6 Å². The molecule has 1 aromatic heterocycles. The fourth-order valence-electron chi connectivity index (χ4n) is 1.64. The second-order valence-electron chi connectivity index (χ2n) is 4.54. The Balaban J connectivity index is 2.05. The number of carbonyl (C=O) groups excluding carboxylic acids is 1. The third-order valence-electron chi connectivity index (χ3n) is 2.82. The molecule has 0 aliphatic carbocycles. The SMILES string of the molecule is COc1ccc(S(=O)(=O)N[C@@H](C)C(=O)Oc2cc[c]cc2)cn1. The number of nitrogens with zero attached hydrogens (tertiary/aromatic N) is 1. The van der Waals surface area contributed by atoms with Gasteiger partial charge in [0.1, 0.15) is 16.7 Å². The Labute approximate surface area is 134 Å². The maximum absolute atomic E-state index is 12.2. The van der Waals surface area contributed by atoms with Crippen LogP contribution in [0.25, 0.3) is 0 Å². The molecule has 0 aliphatic rings. The summed E-state index contributed by atoms with van der Waals surface area (Å²) in [6.45, 7) is 1.39. The lowest BCUT2D eigenvalue weighted by Gasteiger charge is -2.13. The molecule has 2 rings (SSSR count). The van der Waals surface area contributed by atoms with Crippen molar-refractivity contribution in [3.63, 3.8) is 0 Å². The van der Waals surface area contributed by atoms with E-state index in [1.54, 1.807) is 24.3 Å². The average Bonchev–Trinajstić information content (AvgIpc) is 2.55. The first kappa shape index (κ1) is 16.9. The number of rotatable bonds is 6. The summed E-state index contributed by atoms with van der Waals surface area (Å²) in [4.78, 5) is 15.7. The van der Waals surface area contributed by atoms with E-state index in [0.29, 0.717) is 5.75 Å². The van der Waals surface area contributed by atoms with E-state index in [4.69, 9.17) is 9.47 Å². The van der Waals surface area contributed by atoms with E-state index < -0.39 is 22.0 Å². The summed E-state index contributed by atoms with van der Waals surface area (Å²) in [5.74, 6) is -0.121. The Morgan fingerprint density at radius 1 is 1.26 bits per heavy atom. The van der Waals surface area contributed by atoms with Crippen molar-refractivity contribution < 1.29 is 22.7 Å². The summed E-state index contributed by atoms with van der Waals surface area (Å²) in [5.41, 5.74) is 0. The van der Waals surface area contributed by atoms with Gasteiger partial charge in [0.25, 0.3) is 0 Å². The molecule has 1 atom stereocenters. The van der Waals surface area contributed by atoms with Gasteiger partial charge in [0.05, 0.1) is 13.3 Å². The Morgan fingerprint density at radius 2 is 1.96 bits per heavy atom. The lowest BCUT2D eigenvalue weighted by atomic mass is 10.3. The second kappa shape index (κ2) is 7.21. The Bertz CT molecular complexity index is 760. The largest absolute Gasteiger partial charge is 0.481 e. The van der Waals surface area contributed by atoms with Gasteiger partial charge in [0, 0.05) is 6.07 Å². The van der Waals surface area contributed by atoms with Gasteiger partial charge in [-0.25, -0.2) is 18.2 Å². The third-order valence-corrected chi connectivity index (χ3v) is 4.35. The highest BCUT2D eigenvalue weighted by Gasteiger charge is 2.23. The molecule has 1 radical (unpaired) electrons. The van der Waals surface area contributed by atoms with Gasteiger partial charge in [-0.15, -0.1) is 0 Å². The van der Waals surface area contributed by atoms with Gasteiger partial charge in [-0.2, -0.15) is 4.72 Å². The van der Waals surface area contributed by atoms with Crippen molar-refractivity contribution in [2.45, 2.75) is 17.9 Å². The highest BCUT2D eigenvalue weighted by Crippen LogP contribution is 2.13. The number of nitrogens with one attached hydrogen (secondary N) is 1. The minimum absolute atomic E-state index is 0.0766. The van der Waals surface area contributed by atoms with E-state index in [0.717, 1.165) is 6.20 Å². The second-order valence-corrected chi connectivity index (χ2v) is 6.25. The number of methoxy groups -OCH3 is 1. The van der Waals surface area contributed by atoms with Crippen LogP contribution < -0.4 is 14.2 Å². The number of ether oxygens (including phenoxy) is 2. The van der Waals surface area contributed by atoms with Gasteiger partial charge in [0.2, 0.25) is 15.9 Å². The summed E-state index contributed by atoms with van der Waals surface area (Å²) in [7, 11) is -2.47. The van der Waals surface area contributed by atoms with Gasteiger partial charge in [-0.3, -0.25) is 0 Å². The van der Waals surface area contributed by atoms with Crippen LogP contribution in [0, 0.1) is 6.07 Å². The number of benzene rings is 1.